The molecule has 1 aromatic heterocycles. The van der Waals surface area contributed by atoms with Crippen LogP contribution in [0.15, 0.2) is 4.52 Å². The molecule has 0 radical (unpaired) electrons. The van der Waals surface area contributed by atoms with Crippen LogP contribution in [0.4, 0.5) is 0 Å². The highest BCUT2D eigenvalue weighted by Crippen LogP contribution is 2.18. The number of aliphatic hydroxyl groups excluding tert-OH is 1. The third kappa shape index (κ3) is 3.04. The first-order chi connectivity index (χ1) is 8.06. The molecule has 2 atom stereocenters. The van der Waals surface area contributed by atoms with E-state index in [1.54, 1.807) is 0 Å². The van der Waals surface area contributed by atoms with Crippen molar-refractivity contribution in [3.63, 3.8) is 0 Å². The van der Waals surface area contributed by atoms with Gasteiger partial charge in [-0.25, -0.2) is 0 Å². The summed E-state index contributed by atoms with van der Waals surface area (Å²) in [6.45, 7) is 8.65. The fraction of sp³-hybridized carbons (Fsp3) is 0.833. The zero-order valence-electron chi connectivity index (χ0n) is 10.8. The Hall–Kier alpha value is -0.940. The van der Waals surface area contributed by atoms with Gasteiger partial charge in [-0.1, -0.05) is 25.9 Å². The van der Waals surface area contributed by atoms with Crippen LogP contribution in [0, 0.1) is 5.92 Å². The van der Waals surface area contributed by atoms with Crippen LogP contribution in [0.25, 0.3) is 0 Å². The maximum atomic E-state index is 9.66. The van der Waals surface area contributed by atoms with Crippen molar-refractivity contribution < 1.29 is 9.63 Å². The van der Waals surface area contributed by atoms with Gasteiger partial charge >= 0.3 is 0 Å². The minimum absolute atomic E-state index is 0.167. The summed E-state index contributed by atoms with van der Waals surface area (Å²) >= 11 is 0. The molecule has 0 bridgehead atoms. The lowest BCUT2D eigenvalue weighted by Crippen LogP contribution is -2.41. The SMILES string of the molecule is CC(C)c1noc(CN2CCC(O)C(C)C2)n1. The minimum atomic E-state index is -0.167. The standard InChI is InChI=1S/C12H21N3O2/c1-8(2)12-13-11(17-14-12)7-15-5-4-10(16)9(3)6-15/h8-10,16H,4-7H2,1-3H3. The molecule has 1 fully saturated rings. The van der Waals surface area contributed by atoms with Gasteiger partial charge in [0.2, 0.25) is 5.89 Å². The van der Waals surface area contributed by atoms with Gasteiger partial charge in [0, 0.05) is 19.0 Å². The summed E-state index contributed by atoms with van der Waals surface area (Å²) in [4.78, 5) is 6.62. The molecule has 1 aromatic rings. The van der Waals surface area contributed by atoms with Crippen LogP contribution in [0.3, 0.4) is 0 Å². The van der Waals surface area contributed by atoms with Crippen molar-refractivity contribution in [2.24, 2.45) is 5.92 Å². The van der Waals surface area contributed by atoms with E-state index < -0.39 is 0 Å². The van der Waals surface area contributed by atoms with Gasteiger partial charge in [0.15, 0.2) is 5.82 Å². The smallest absolute Gasteiger partial charge is 0.240 e. The topological polar surface area (TPSA) is 62.4 Å². The van der Waals surface area contributed by atoms with Crippen LogP contribution in [0.1, 0.15) is 44.8 Å². The van der Waals surface area contributed by atoms with Crippen LogP contribution in [0.5, 0.6) is 0 Å². The molecule has 5 heteroatoms. The molecule has 0 aliphatic carbocycles. The fourth-order valence-corrected chi connectivity index (χ4v) is 2.12. The first-order valence-electron chi connectivity index (χ1n) is 6.29. The van der Waals surface area contributed by atoms with E-state index in [0.717, 1.165) is 25.3 Å². The Kier molecular flexibility index (Phi) is 3.79. The largest absolute Gasteiger partial charge is 0.393 e. The van der Waals surface area contributed by atoms with Gasteiger partial charge in [-0.3, -0.25) is 4.90 Å². The van der Waals surface area contributed by atoms with Crippen molar-refractivity contribution in [1.29, 1.82) is 0 Å². The predicted octanol–water partition coefficient (Wildman–Crippen LogP) is 1.40. The molecule has 2 heterocycles. The van der Waals surface area contributed by atoms with Gasteiger partial charge in [-0.2, -0.15) is 4.98 Å². The fourth-order valence-electron chi connectivity index (χ4n) is 2.12. The van der Waals surface area contributed by atoms with E-state index in [-0.39, 0.29) is 6.10 Å². The second kappa shape index (κ2) is 5.14. The summed E-state index contributed by atoms with van der Waals surface area (Å²) < 4.78 is 5.23. The van der Waals surface area contributed by atoms with E-state index in [9.17, 15) is 5.11 Å². The number of hydrogen-bond donors (Lipinski definition) is 1. The van der Waals surface area contributed by atoms with Gasteiger partial charge in [0.25, 0.3) is 0 Å². The van der Waals surface area contributed by atoms with Gasteiger partial charge in [0.05, 0.1) is 12.6 Å². The average molecular weight is 239 g/mol. The molecule has 0 saturated carbocycles. The first kappa shape index (κ1) is 12.5. The van der Waals surface area contributed by atoms with Gasteiger partial charge in [0.1, 0.15) is 0 Å². The molecule has 1 saturated heterocycles. The second-order valence-electron chi connectivity index (χ2n) is 5.27. The van der Waals surface area contributed by atoms with Crippen molar-refractivity contribution in [3.8, 4) is 0 Å². The summed E-state index contributed by atoms with van der Waals surface area (Å²) in [5.41, 5.74) is 0. The van der Waals surface area contributed by atoms with E-state index in [4.69, 9.17) is 4.52 Å². The molecule has 1 aliphatic rings. The monoisotopic (exact) mass is 239 g/mol. The number of aliphatic hydroxyl groups is 1. The van der Waals surface area contributed by atoms with Crippen molar-refractivity contribution in [3.05, 3.63) is 11.7 Å². The van der Waals surface area contributed by atoms with E-state index in [2.05, 4.69) is 22.0 Å². The molecule has 1 N–H and O–H groups in total. The predicted molar refractivity (Wildman–Crippen MR) is 63.5 cm³/mol. The summed E-state index contributed by atoms with van der Waals surface area (Å²) in [6.07, 6.45) is 0.659. The lowest BCUT2D eigenvalue weighted by atomic mass is 9.97. The Balaban J connectivity index is 1.92. The molecule has 0 amide bonds. The van der Waals surface area contributed by atoms with Crippen LogP contribution >= 0.6 is 0 Å². The Morgan fingerprint density at radius 2 is 2.29 bits per heavy atom. The minimum Gasteiger partial charge on any atom is -0.393 e. The highest BCUT2D eigenvalue weighted by Gasteiger charge is 2.25. The van der Waals surface area contributed by atoms with Gasteiger partial charge in [-0.15, -0.1) is 0 Å². The second-order valence-corrected chi connectivity index (χ2v) is 5.27. The molecule has 0 aromatic carbocycles. The van der Waals surface area contributed by atoms with Crippen molar-refractivity contribution in [1.82, 2.24) is 15.0 Å². The van der Waals surface area contributed by atoms with Crippen LogP contribution in [-0.2, 0) is 6.54 Å². The number of rotatable bonds is 3. The molecule has 1 aliphatic heterocycles. The summed E-state index contributed by atoms with van der Waals surface area (Å²) in [5.74, 6) is 2.06. The lowest BCUT2D eigenvalue weighted by Gasteiger charge is -2.33. The van der Waals surface area contributed by atoms with Crippen molar-refractivity contribution in [2.45, 2.75) is 45.8 Å². The third-order valence-electron chi connectivity index (χ3n) is 3.30. The van der Waals surface area contributed by atoms with E-state index >= 15 is 0 Å². The molecule has 17 heavy (non-hydrogen) atoms. The summed E-state index contributed by atoms with van der Waals surface area (Å²) in [5, 5.41) is 13.6. The third-order valence-corrected chi connectivity index (χ3v) is 3.30. The van der Waals surface area contributed by atoms with Crippen molar-refractivity contribution in [2.75, 3.05) is 13.1 Å². The number of likely N-dealkylation sites (tertiary alicyclic amines) is 1. The first-order valence-corrected chi connectivity index (χ1v) is 6.29. The molecule has 96 valence electrons. The normalized spacial score (nSPS) is 26.6. The maximum absolute atomic E-state index is 9.66. The van der Waals surface area contributed by atoms with Crippen molar-refractivity contribution >= 4 is 0 Å². The zero-order chi connectivity index (χ0) is 12.4. The van der Waals surface area contributed by atoms with Crippen LogP contribution in [0.2, 0.25) is 0 Å². The average Bonchev–Trinajstić information content (AvgIpc) is 2.72. The summed E-state index contributed by atoms with van der Waals surface area (Å²) in [6, 6.07) is 0. The molecule has 2 unspecified atom stereocenters. The molecular formula is C12H21N3O2. The maximum Gasteiger partial charge on any atom is 0.240 e. The lowest BCUT2D eigenvalue weighted by molar-refractivity contribution is 0.0282. The van der Waals surface area contributed by atoms with Crippen LogP contribution < -0.4 is 0 Å². The van der Waals surface area contributed by atoms with Gasteiger partial charge < -0.3 is 9.63 Å². The van der Waals surface area contributed by atoms with E-state index in [1.165, 1.54) is 0 Å². The number of aromatic nitrogens is 2. The quantitative estimate of drug-likeness (QED) is 0.863. The zero-order valence-corrected chi connectivity index (χ0v) is 10.8. The van der Waals surface area contributed by atoms with Crippen LogP contribution in [-0.4, -0.2) is 39.3 Å². The van der Waals surface area contributed by atoms with Gasteiger partial charge in [-0.05, 0) is 12.3 Å². The highest BCUT2D eigenvalue weighted by molar-refractivity contribution is 4.92. The Bertz CT molecular complexity index is 364. The molecule has 2 rings (SSSR count). The Morgan fingerprint density at radius 3 is 2.88 bits per heavy atom. The number of nitrogens with zero attached hydrogens (tertiary/aromatic N) is 3. The van der Waals surface area contributed by atoms with E-state index in [0.29, 0.717) is 24.3 Å². The molecular weight excluding hydrogens is 218 g/mol. The highest BCUT2D eigenvalue weighted by atomic mass is 16.5. The Labute approximate surface area is 102 Å². The summed E-state index contributed by atoms with van der Waals surface area (Å²) in [7, 11) is 0. The molecule has 5 nitrogen and oxygen atoms in total. The number of hydrogen-bond acceptors (Lipinski definition) is 5. The Morgan fingerprint density at radius 1 is 1.53 bits per heavy atom. The molecule has 0 spiro atoms. The van der Waals surface area contributed by atoms with E-state index in [1.807, 2.05) is 13.8 Å². The number of piperidine rings is 1.